The van der Waals surface area contributed by atoms with Gasteiger partial charge in [-0.2, -0.15) is 0 Å². The highest BCUT2D eigenvalue weighted by molar-refractivity contribution is 5.95. The topological polar surface area (TPSA) is 84.7 Å². The number of nitrogens with zero attached hydrogens (tertiary/aromatic N) is 2. The molecule has 0 saturated carbocycles. The fourth-order valence-corrected chi connectivity index (χ4v) is 1.80. The molecule has 1 fully saturated rings. The second-order valence-electron chi connectivity index (χ2n) is 3.83. The smallest absolute Gasteiger partial charge is 0.295 e. The van der Waals surface area contributed by atoms with Crippen LogP contribution in [0.1, 0.15) is 16.8 Å². The lowest BCUT2D eigenvalue weighted by Gasteiger charge is -2.16. The van der Waals surface area contributed by atoms with Gasteiger partial charge in [0.05, 0.1) is 11.5 Å². The Kier molecular flexibility index (Phi) is 3.42. The summed E-state index contributed by atoms with van der Waals surface area (Å²) in [6, 6.07) is 4.34. The minimum Gasteiger partial charge on any atom is -0.355 e. The molecule has 2 rings (SSSR count). The van der Waals surface area contributed by atoms with Crippen molar-refractivity contribution in [3.63, 3.8) is 0 Å². The van der Waals surface area contributed by atoms with Crippen molar-refractivity contribution in [1.82, 2.24) is 5.32 Å². The van der Waals surface area contributed by atoms with Crippen LogP contribution < -0.4 is 10.4 Å². The molecule has 0 unspecified atom stereocenters. The molecule has 1 aliphatic heterocycles. The number of hydrogen-bond acceptors (Lipinski definition) is 5. The van der Waals surface area contributed by atoms with E-state index in [2.05, 4.69) is 5.32 Å². The molecule has 0 bridgehead atoms. The third-order valence-corrected chi connectivity index (χ3v) is 2.68. The molecule has 7 heteroatoms. The van der Waals surface area contributed by atoms with Crippen molar-refractivity contribution in [3.05, 3.63) is 33.9 Å². The number of anilines is 1. The van der Waals surface area contributed by atoms with Crippen molar-refractivity contribution in [2.24, 2.45) is 0 Å². The first-order valence-corrected chi connectivity index (χ1v) is 5.54. The maximum absolute atomic E-state index is 11.4. The summed E-state index contributed by atoms with van der Waals surface area (Å²) in [4.78, 5) is 27.2. The molecule has 1 aromatic rings. The number of carbonyl (C=O) groups is 1. The molecular weight excluding hydrogens is 238 g/mol. The summed E-state index contributed by atoms with van der Waals surface area (Å²) in [5.74, 6) is -0.355. The zero-order chi connectivity index (χ0) is 13.1. The first-order valence-electron chi connectivity index (χ1n) is 5.54. The zero-order valence-corrected chi connectivity index (χ0v) is 9.88. The van der Waals surface area contributed by atoms with Crippen LogP contribution in [0.3, 0.4) is 0 Å². The zero-order valence-electron chi connectivity index (χ0n) is 9.88. The molecule has 1 aliphatic rings. The van der Waals surface area contributed by atoms with Gasteiger partial charge in [0, 0.05) is 25.2 Å². The molecule has 1 aromatic carbocycles. The third-order valence-electron chi connectivity index (χ3n) is 2.68. The van der Waals surface area contributed by atoms with Crippen molar-refractivity contribution in [3.8, 4) is 0 Å². The number of nitrogens with one attached hydrogen (secondary N) is 1. The minimum absolute atomic E-state index is 0.127. The van der Waals surface area contributed by atoms with Crippen LogP contribution in [0.15, 0.2) is 18.2 Å². The fraction of sp³-hybridized carbons (Fsp3) is 0.364. The summed E-state index contributed by atoms with van der Waals surface area (Å²) < 4.78 is 0. The highest BCUT2D eigenvalue weighted by atomic mass is 16.7. The van der Waals surface area contributed by atoms with Gasteiger partial charge >= 0.3 is 0 Å². The van der Waals surface area contributed by atoms with Gasteiger partial charge in [0.15, 0.2) is 0 Å². The Morgan fingerprint density at radius 3 is 2.89 bits per heavy atom. The van der Waals surface area contributed by atoms with E-state index < -0.39 is 4.92 Å². The molecule has 0 spiro atoms. The van der Waals surface area contributed by atoms with E-state index in [1.807, 2.05) is 0 Å². The Morgan fingerprint density at radius 1 is 1.56 bits per heavy atom. The highest BCUT2D eigenvalue weighted by Gasteiger charge is 2.24. The van der Waals surface area contributed by atoms with Crippen molar-refractivity contribution in [2.45, 2.75) is 6.42 Å². The van der Waals surface area contributed by atoms with E-state index in [-0.39, 0.29) is 17.2 Å². The number of nitro groups is 1. The standard InChI is InChI=1S/C11H13N3O4/c1-12-11(15)8-3-4-9(10(7-8)14(16)17)13-5-2-6-18-13/h3-4,7H,2,5-6H2,1H3,(H,12,15). The van der Waals surface area contributed by atoms with E-state index in [0.29, 0.717) is 18.8 Å². The number of benzene rings is 1. The molecule has 1 saturated heterocycles. The summed E-state index contributed by atoms with van der Waals surface area (Å²) in [5.41, 5.74) is 0.510. The van der Waals surface area contributed by atoms with Gasteiger partial charge in [-0.05, 0) is 18.6 Å². The highest BCUT2D eigenvalue weighted by Crippen LogP contribution is 2.31. The SMILES string of the molecule is CNC(=O)c1ccc(N2CCCO2)c([N+](=O)[O-])c1. The van der Waals surface area contributed by atoms with Crippen LogP contribution in [-0.4, -0.2) is 31.0 Å². The van der Waals surface area contributed by atoms with E-state index >= 15 is 0 Å². The van der Waals surface area contributed by atoms with Crippen molar-refractivity contribution in [1.29, 1.82) is 0 Å². The fourth-order valence-electron chi connectivity index (χ4n) is 1.80. The monoisotopic (exact) mass is 251 g/mol. The lowest BCUT2D eigenvalue weighted by Crippen LogP contribution is -2.20. The van der Waals surface area contributed by atoms with Crippen molar-refractivity contribution >= 4 is 17.3 Å². The predicted molar refractivity (Wildman–Crippen MR) is 64.4 cm³/mol. The lowest BCUT2D eigenvalue weighted by atomic mass is 10.1. The Labute approximate surface area is 103 Å². The summed E-state index contributed by atoms with van der Waals surface area (Å²) in [6.45, 7) is 1.16. The number of amides is 1. The van der Waals surface area contributed by atoms with Gasteiger partial charge in [-0.15, -0.1) is 0 Å². The van der Waals surface area contributed by atoms with Crippen LogP contribution in [0.5, 0.6) is 0 Å². The van der Waals surface area contributed by atoms with E-state index in [1.165, 1.54) is 24.2 Å². The Morgan fingerprint density at radius 2 is 2.33 bits per heavy atom. The van der Waals surface area contributed by atoms with E-state index in [1.54, 1.807) is 6.07 Å². The molecule has 0 radical (unpaired) electrons. The summed E-state index contributed by atoms with van der Waals surface area (Å²) in [7, 11) is 1.48. The van der Waals surface area contributed by atoms with E-state index in [4.69, 9.17) is 4.84 Å². The first-order chi connectivity index (χ1) is 8.63. The van der Waals surface area contributed by atoms with Gasteiger partial charge in [-0.3, -0.25) is 19.7 Å². The van der Waals surface area contributed by atoms with Crippen LogP contribution in [0.4, 0.5) is 11.4 Å². The van der Waals surface area contributed by atoms with Crippen LogP contribution >= 0.6 is 0 Å². The Hall–Kier alpha value is -2.15. The summed E-state index contributed by atoms with van der Waals surface area (Å²) in [5, 5.41) is 15.0. The normalized spacial score (nSPS) is 14.6. The molecule has 18 heavy (non-hydrogen) atoms. The van der Waals surface area contributed by atoms with Crippen LogP contribution in [0.25, 0.3) is 0 Å². The first kappa shape index (κ1) is 12.3. The van der Waals surface area contributed by atoms with Crippen molar-refractivity contribution in [2.75, 3.05) is 25.3 Å². The average Bonchev–Trinajstić information content (AvgIpc) is 2.90. The second kappa shape index (κ2) is 5.01. The average molecular weight is 251 g/mol. The molecule has 96 valence electrons. The van der Waals surface area contributed by atoms with Crippen molar-refractivity contribution < 1.29 is 14.6 Å². The molecule has 0 atom stereocenters. The maximum atomic E-state index is 11.4. The third kappa shape index (κ3) is 2.25. The number of hydroxylamine groups is 1. The molecule has 1 heterocycles. The molecule has 7 nitrogen and oxygen atoms in total. The van der Waals surface area contributed by atoms with Gasteiger partial charge in [0.2, 0.25) is 0 Å². The molecule has 1 amide bonds. The maximum Gasteiger partial charge on any atom is 0.295 e. The van der Waals surface area contributed by atoms with Crippen LogP contribution in [-0.2, 0) is 4.84 Å². The van der Waals surface area contributed by atoms with Gasteiger partial charge in [0.25, 0.3) is 11.6 Å². The largest absolute Gasteiger partial charge is 0.355 e. The van der Waals surface area contributed by atoms with E-state index in [0.717, 1.165) is 6.42 Å². The van der Waals surface area contributed by atoms with Crippen LogP contribution in [0, 0.1) is 10.1 Å². The number of carbonyl (C=O) groups excluding carboxylic acids is 1. The van der Waals surface area contributed by atoms with Crippen LogP contribution in [0.2, 0.25) is 0 Å². The molecule has 1 N–H and O–H groups in total. The van der Waals surface area contributed by atoms with Gasteiger partial charge in [-0.25, -0.2) is 5.06 Å². The number of rotatable bonds is 3. The second-order valence-corrected chi connectivity index (χ2v) is 3.83. The van der Waals surface area contributed by atoms with Gasteiger partial charge in [-0.1, -0.05) is 0 Å². The van der Waals surface area contributed by atoms with Gasteiger partial charge < -0.3 is 5.32 Å². The van der Waals surface area contributed by atoms with Gasteiger partial charge in [0.1, 0.15) is 5.69 Å². The lowest BCUT2D eigenvalue weighted by molar-refractivity contribution is -0.384. The van der Waals surface area contributed by atoms with E-state index in [9.17, 15) is 14.9 Å². The summed E-state index contributed by atoms with van der Waals surface area (Å²) in [6.07, 6.45) is 0.828. The number of hydrogen-bond donors (Lipinski definition) is 1. The molecule has 0 aliphatic carbocycles. The molecular formula is C11H13N3O4. The minimum atomic E-state index is -0.510. The Balaban J connectivity index is 2.40. The molecule has 0 aromatic heterocycles. The summed E-state index contributed by atoms with van der Waals surface area (Å²) >= 11 is 0. The number of nitro benzene ring substituents is 1. The predicted octanol–water partition coefficient (Wildman–Crippen LogP) is 1.10. The quantitative estimate of drug-likeness (QED) is 0.642. The Bertz CT molecular complexity index is 483.